The van der Waals surface area contributed by atoms with Crippen molar-refractivity contribution in [1.82, 2.24) is 4.98 Å². The van der Waals surface area contributed by atoms with Crippen LogP contribution in [-0.2, 0) is 14.6 Å². The molecule has 0 aliphatic rings. The van der Waals surface area contributed by atoms with Crippen LogP contribution in [0.5, 0.6) is 11.5 Å². The van der Waals surface area contributed by atoms with Gasteiger partial charge in [0.15, 0.2) is 26.5 Å². The standard InChI is InChI=1S/C22H26N2O5S2/c1-6-31(26,27)15-9-7-14(8-10-15)20(13(2)3)21(25)24-22-23-16-11-17(28-4)18(29-5)12-19(16)30-22/h7-13,20H,6H2,1-5H3,(H,23,24,25). The van der Waals surface area contributed by atoms with Crippen LogP contribution in [0, 0.1) is 5.92 Å². The minimum atomic E-state index is -3.29. The molecule has 0 spiro atoms. The molecule has 0 fully saturated rings. The van der Waals surface area contributed by atoms with Gasteiger partial charge in [-0.3, -0.25) is 4.79 Å². The Balaban J connectivity index is 1.87. The van der Waals surface area contributed by atoms with Crippen molar-refractivity contribution in [3.63, 3.8) is 0 Å². The largest absolute Gasteiger partial charge is 0.493 e. The van der Waals surface area contributed by atoms with Gasteiger partial charge >= 0.3 is 0 Å². The van der Waals surface area contributed by atoms with Crippen molar-refractivity contribution in [2.45, 2.75) is 31.6 Å². The van der Waals surface area contributed by atoms with E-state index in [-0.39, 0.29) is 22.5 Å². The van der Waals surface area contributed by atoms with Gasteiger partial charge in [0.05, 0.1) is 41.0 Å². The molecule has 0 radical (unpaired) electrons. The van der Waals surface area contributed by atoms with Gasteiger partial charge in [0.2, 0.25) is 5.91 Å². The SMILES string of the molecule is CCS(=O)(=O)c1ccc(C(C(=O)Nc2nc3cc(OC)c(OC)cc3s2)C(C)C)cc1. The molecular weight excluding hydrogens is 436 g/mol. The first-order valence-corrected chi connectivity index (χ1v) is 12.3. The zero-order valence-electron chi connectivity index (χ0n) is 18.1. The Morgan fingerprint density at radius 2 is 1.71 bits per heavy atom. The van der Waals surface area contributed by atoms with Crippen LogP contribution in [0.2, 0.25) is 0 Å². The summed E-state index contributed by atoms with van der Waals surface area (Å²) in [4.78, 5) is 17.9. The lowest BCUT2D eigenvalue weighted by Crippen LogP contribution is -2.25. The molecule has 3 rings (SSSR count). The first kappa shape index (κ1) is 23.0. The third-order valence-electron chi connectivity index (χ3n) is 5.05. The summed E-state index contributed by atoms with van der Waals surface area (Å²) in [5.41, 5.74) is 1.46. The highest BCUT2D eigenvalue weighted by atomic mass is 32.2. The Hall–Kier alpha value is -2.65. The number of fused-ring (bicyclic) bond motifs is 1. The van der Waals surface area contributed by atoms with Crippen molar-refractivity contribution < 1.29 is 22.7 Å². The fourth-order valence-electron chi connectivity index (χ4n) is 3.38. The van der Waals surface area contributed by atoms with Crippen molar-refractivity contribution in [3.05, 3.63) is 42.0 Å². The zero-order chi connectivity index (χ0) is 22.8. The number of nitrogens with zero attached hydrogens (tertiary/aromatic N) is 1. The number of nitrogens with one attached hydrogen (secondary N) is 1. The summed E-state index contributed by atoms with van der Waals surface area (Å²) in [6, 6.07) is 10.1. The van der Waals surface area contributed by atoms with Crippen LogP contribution in [0.1, 0.15) is 32.3 Å². The second-order valence-electron chi connectivity index (χ2n) is 7.38. The molecule has 0 bridgehead atoms. The summed E-state index contributed by atoms with van der Waals surface area (Å²) in [5, 5.41) is 3.39. The van der Waals surface area contributed by atoms with Crippen molar-refractivity contribution in [2.24, 2.45) is 5.92 Å². The number of anilines is 1. The number of amides is 1. The first-order chi connectivity index (χ1) is 14.7. The van der Waals surface area contributed by atoms with Crippen LogP contribution in [0.15, 0.2) is 41.3 Å². The number of rotatable bonds is 8. The maximum absolute atomic E-state index is 13.1. The minimum absolute atomic E-state index is 0.00296. The molecule has 1 unspecified atom stereocenters. The fourth-order valence-corrected chi connectivity index (χ4v) is 5.14. The lowest BCUT2D eigenvalue weighted by atomic mass is 9.88. The molecule has 3 aromatic rings. The maximum Gasteiger partial charge on any atom is 0.233 e. The summed E-state index contributed by atoms with van der Waals surface area (Å²) >= 11 is 1.35. The van der Waals surface area contributed by atoms with E-state index in [1.54, 1.807) is 51.5 Å². The van der Waals surface area contributed by atoms with Gasteiger partial charge in [-0.25, -0.2) is 13.4 Å². The Morgan fingerprint density at radius 3 is 2.26 bits per heavy atom. The van der Waals surface area contributed by atoms with E-state index in [1.807, 2.05) is 19.9 Å². The number of benzene rings is 2. The second kappa shape index (κ2) is 9.23. The molecule has 7 nitrogen and oxygen atoms in total. The van der Waals surface area contributed by atoms with E-state index in [4.69, 9.17) is 9.47 Å². The van der Waals surface area contributed by atoms with E-state index in [2.05, 4.69) is 10.3 Å². The first-order valence-electron chi connectivity index (χ1n) is 9.86. The van der Waals surface area contributed by atoms with Crippen LogP contribution >= 0.6 is 11.3 Å². The summed E-state index contributed by atoms with van der Waals surface area (Å²) in [5.74, 6) is 0.559. The molecule has 1 N–H and O–H groups in total. The molecule has 9 heteroatoms. The fraction of sp³-hybridized carbons (Fsp3) is 0.364. The van der Waals surface area contributed by atoms with Crippen molar-refractivity contribution in [3.8, 4) is 11.5 Å². The lowest BCUT2D eigenvalue weighted by Gasteiger charge is -2.20. The molecule has 0 saturated heterocycles. The summed E-state index contributed by atoms with van der Waals surface area (Å²) in [7, 11) is -0.160. The number of aromatic nitrogens is 1. The molecule has 2 aromatic carbocycles. The molecule has 0 aliphatic carbocycles. The zero-order valence-corrected chi connectivity index (χ0v) is 19.8. The molecule has 31 heavy (non-hydrogen) atoms. The van der Waals surface area contributed by atoms with Gasteiger partial charge in [-0.05, 0) is 23.6 Å². The van der Waals surface area contributed by atoms with Crippen LogP contribution < -0.4 is 14.8 Å². The van der Waals surface area contributed by atoms with E-state index < -0.39 is 15.8 Å². The van der Waals surface area contributed by atoms with Crippen molar-refractivity contribution >= 4 is 42.4 Å². The third kappa shape index (κ3) is 4.83. The Bertz CT molecular complexity index is 1140. The van der Waals surface area contributed by atoms with Gasteiger partial charge in [0, 0.05) is 12.1 Å². The van der Waals surface area contributed by atoms with E-state index in [0.717, 1.165) is 10.3 Å². The molecular formula is C22H26N2O5S2. The van der Waals surface area contributed by atoms with Gasteiger partial charge < -0.3 is 14.8 Å². The van der Waals surface area contributed by atoms with Crippen LogP contribution in [0.25, 0.3) is 10.2 Å². The van der Waals surface area contributed by atoms with E-state index in [9.17, 15) is 13.2 Å². The maximum atomic E-state index is 13.1. The van der Waals surface area contributed by atoms with Gasteiger partial charge in [0.25, 0.3) is 0 Å². The molecule has 166 valence electrons. The number of sulfone groups is 1. The number of hydrogen-bond acceptors (Lipinski definition) is 7. The summed E-state index contributed by atoms with van der Waals surface area (Å²) in [6.45, 7) is 5.51. The molecule has 1 atom stereocenters. The molecule has 0 saturated carbocycles. The van der Waals surface area contributed by atoms with Crippen molar-refractivity contribution in [1.29, 1.82) is 0 Å². The number of methoxy groups -OCH3 is 2. The highest BCUT2D eigenvalue weighted by Gasteiger charge is 2.26. The predicted octanol–water partition coefficient (Wildman–Crippen LogP) is 4.49. The lowest BCUT2D eigenvalue weighted by molar-refractivity contribution is -0.118. The van der Waals surface area contributed by atoms with Crippen LogP contribution in [0.3, 0.4) is 0 Å². The minimum Gasteiger partial charge on any atom is -0.493 e. The van der Waals surface area contributed by atoms with E-state index >= 15 is 0 Å². The number of carbonyl (C=O) groups excluding carboxylic acids is 1. The number of carbonyl (C=O) groups is 1. The Morgan fingerprint density at radius 1 is 1.10 bits per heavy atom. The van der Waals surface area contributed by atoms with E-state index in [1.165, 1.54) is 11.3 Å². The van der Waals surface area contributed by atoms with Crippen LogP contribution in [0.4, 0.5) is 5.13 Å². The number of hydrogen-bond donors (Lipinski definition) is 1. The highest BCUT2D eigenvalue weighted by molar-refractivity contribution is 7.91. The summed E-state index contributed by atoms with van der Waals surface area (Å²) in [6.07, 6.45) is 0. The van der Waals surface area contributed by atoms with Crippen molar-refractivity contribution in [2.75, 3.05) is 25.3 Å². The Kier molecular flexibility index (Phi) is 6.86. The molecule has 0 aliphatic heterocycles. The third-order valence-corrected chi connectivity index (χ3v) is 7.74. The van der Waals surface area contributed by atoms with Gasteiger partial charge in [-0.1, -0.05) is 44.2 Å². The average Bonchev–Trinajstić information content (AvgIpc) is 3.13. The molecule has 1 aromatic heterocycles. The molecule has 1 amide bonds. The smallest absolute Gasteiger partial charge is 0.233 e. The summed E-state index contributed by atoms with van der Waals surface area (Å²) < 4.78 is 35.6. The average molecular weight is 463 g/mol. The Labute approximate surface area is 186 Å². The second-order valence-corrected chi connectivity index (χ2v) is 10.7. The normalized spacial score (nSPS) is 12.7. The number of ether oxygens (including phenoxy) is 2. The molecule has 1 heterocycles. The monoisotopic (exact) mass is 462 g/mol. The van der Waals surface area contributed by atoms with Gasteiger partial charge in [-0.2, -0.15) is 0 Å². The van der Waals surface area contributed by atoms with Crippen LogP contribution in [-0.4, -0.2) is 39.3 Å². The van der Waals surface area contributed by atoms with Gasteiger partial charge in [-0.15, -0.1) is 0 Å². The predicted molar refractivity (Wildman–Crippen MR) is 123 cm³/mol. The highest BCUT2D eigenvalue weighted by Crippen LogP contribution is 2.37. The topological polar surface area (TPSA) is 94.6 Å². The number of thiazole rings is 1. The quantitative estimate of drug-likeness (QED) is 0.530. The van der Waals surface area contributed by atoms with E-state index in [0.29, 0.717) is 22.1 Å². The van der Waals surface area contributed by atoms with Gasteiger partial charge in [0.1, 0.15) is 0 Å².